The Labute approximate surface area is 129 Å². The lowest BCUT2D eigenvalue weighted by molar-refractivity contribution is 0.0696. The van der Waals surface area contributed by atoms with Crippen LogP contribution in [-0.4, -0.2) is 17.0 Å². The van der Waals surface area contributed by atoms with Gasteiger partial charge in [-0.25, -0.2) is 4.79 Å². The van der Waals surface area contributed by atoms with Crippen molar-refractivity contribution < 1.29 is 14.7 Å². The van der Waals surface area contributed by atoms with E-state index < -0.39 is 5.97 Å². The summed E-state index contributed by atoms with van der Waals surface area (Å²) in [6.07, 6.45) is 0. The number of hydrogen-bond donors (Lipinski definition) is 2. The summed E-state index contributed by atoms with van der Waals surface area (Å²) in [5.41, 5.74) is 1.31. The number of aromatic carboxylic acids is 1. The van der Waals surface area contributed by atoms with Crippen LogP contribution in [0.5, 0.6) is 0 Å². The van der Waals surface area contributed by atoms with Crippen LogP contribution < -0.4 is 5.32 Å². The van der Waals surface area contributed by atoms with E-state index in [4.69, 9.17) is 10.4 Å². The van der Waals surface area contributed by atoms with Gasteiger partial charge in [0.2, 0.25) is 0 Å². The molecule has 0 heterocycles. The number of carbonyl (C=O) groups is 2. The summed E-state index contributed by atoms with van der Waals surface area (Å²) in [5.74, 6) is -1.42. The topological polar surface area (TPSA) is 90.2 Å². The van der Waals surface area contributed by atoms with E-state index in [0.717, 1.165) is 0 Å². The molecule has 0 aliphatic heterocycles. The van der Waals surface area contributed by atoms with Crippen molar-refractivity contribution in [2.24, 2.45) is 0 Å². The Morgan fingerprint density at radius 1 is 1.14 bits per heavy atom. The highest BCUT2D eigenvalue weighted by molar-refractivity contribution is 9.10. The number of nitrogens with zero attached hydrogens (tertiary/aromatic N) is 1. The van der Waals surface area contributed by atoms with E-state index >= 15 is 0 Å². The summed E-state index contributed by atoms with van der Waals surface area (Å²) in [5, 5.41) is 20.4. The third-order valence-electron chi connectivity index (χ3n) is 2.72. The van der Waals surface area contributed by atoms with Crippen molar-refractivity contribution in [3.63, 3.8) is 0 Å². The fourth-order valence-corrected chi connectivity index (χ4v) is 2.15. The molecule has 2 rings (SSSR count). The van der Waals surface area contributed by atoms with Crippen molar-refractivity contribution in [1.29, 1.82) is 5.26 Å². The number of nitrogens with one attached hydrogen (secondary N) is 1. The summed E-state index contributed by atoms with van der Waals surface area (Å²) in [4.78, 5) is 22.9. The summed E-state index contributed by atoms with van der Waals surface area (Å²) in [6, 6.07) is 12.6. The Hall–Kier alpha value is -2.65. The van der Waals surface area contributed by atoms with Crippen LogP contribution in [0.15, 0.2) is 46.9 Å². The molecule has 6 heteroatoms. The van der Waals surface area contributed by atoms with Crippen molar-refractivity contribution >= 4 is 33.5 Å². The first-order valence-corrected chi connectivity index (χ1v) is 6.65. The molecule has 0 atom stereocenters. The van der Waals surface area contributed by atoms with Gasteiger partial charge in [0, 0.05) is 10.0 Å². The van der Waals surface area contributed by atoms with Crippen LogP contribution in [0.2, 0.25) is 0 Å². The first-order valence-electron chi connectivity index (χ1n) is 5.85. The number of carboxylic acids is 1. The standard InChI is InChI=1S/C15H9BrN2O3/c16-12-7-11(15(20)21)4-5-13(12)18-14(19)10-3-1-2-9(6-10)8-17/h1-7H,(H,18,19)(H,20,21). The van der Waals surface area contributed by atoms with Crippen LogP contribution in [0.25, 0.3) is 0 Å². The molecule has 0 unspecified atom stereocenters. The van der Waals surface area contributed by atoms with E-state index in [1.165, 1.54) is 24.3 Å². The molecule has 5 nitrogen and oxygen atoms in total. The predicted octanol–water partition coefficient (Wildman–Crippen LogP) is 3.27. The van der Waals surface area contributed by atoms with Crippen molar-refractivity contribution in [2.75, 3.05) is 5.32 Å². The second-order valence-corrected chi connectivity index (χ2v) is 5.00. The Bertz CT molecular complexity index is 766. The molecule has 0 aliphatic carbocycles. The van der Waals surface area contributed by atoms with Gasteiger partial charge < -0.3 is 10.4 Å². The molecule has 0 aliphatic rings. The van der Waals surface area contributed by atoms with Gasteiger partial charge in [-0.05, 0) is 52.3 Å². The van der Waals surface area contributed by atoms with Gasteiger partial charge in [-0.1, -0.05) is 6.07 Å². The molecule has 0 bridgehead atoms. The molecular weight excluding hydrogens is 336 g/mol. The van der Waals surface area contributed by atoms with Gasteiger partial charge in [0.1, 0.15) is 0 Å². The molecule has 1 amide bonds. The molecule has 0 spiro atoms. The number of anilines is 1. The quantitative estimate of drug-likeness (QED) is 0.893. The van der Waals surface area contributed by atoms with Crippen molar-refractivity contribution in [1.82, 2.24) is 0 Å². The van der Waals surface area contributed by atoms with Gasteiger partial charge in [-0.15, -0.1) is 0 Å². The molecule has 0 radical (unpaired) electrons. The SMILES string of the molecule is N#Cc1cccc(C(=O)Nc2ccc(C(=O)O)cc2Br)c1. The van der Waals surface area contributed by atoms with Gasteiger partial charge in [-0.3, -0.25) is 4.79 Å². The predicted molar refractivity (Wildman–Crippen MR) is 80.2 cm³/mol. The van der Waals surface area contributed by atoms with Crippen molar-refractivity contribution in [3.8, 4) is 6.07 Å². The normalized spacial score (nSPS) is 9.71. The molecule has 0 aromatic heterocycles. The number of hydrogen-bond acceptors (Lipinski definition) is 3. The molecule has 21 heavy (non-hydrogen) atoms. The van der Waals surface area contributed by atoms with Gasteiger partial charge in [0.25, 0.3) is 5.91 Å². The van der Waals surface area contributed by atoms with Crippen LogP contribution >= 0.6 is 15.9 Å². The van der Waals surface area contributed by atoms with Crippen LogP contribution in [0, 0.1) is 11.3 Å². The monoisotopic (exact) mass is 344 g/mol. The van der Waals surface area contributed by atoms with Gasteiger partial charge in [-0.2, -0.15) is 5.26 Å². The molecule has 0 saturated heterocycles. The lowest BCUT2D eigenvalue weighted by atomic mass is 10.1. The maximum absolute atomic E-state index is 12.1. The van der Waals surface area contributed by atoms with E-state index in [2.05, 4.69) is 21.2 Å². The maximum atomic E-state index is 12.1. The smallest absolute Gasteiger partial charge is 0.335 e. The average Bonchev–Trinajstić information content (AvgIpc) is 2.49. The second-order valence-electron chi connectivity index (χ2n) is 4.15. The number of nitriles is 1. The minimum absolute atomic E-state index is 0.117. The summed E-state index contributed by atoms with van der Waals surface area (Å²) >= 11 is 3.21. The Morgan fingerprint density at radius 2 is 1.90 bits per heavy atom. The van der Waals surface area contributed by atoms with Crippen LogP contribution in [-0.2, 0) is 0 Å². The van der Waals surface area contributed by atoms with Crippen LogP contribution in [0.1, 0.15) is 26.3 Å². The molecule has 0 saturated carbocycles. The largest absolute Gasteiger partial charge is 0.478 e. The van der Waals surface area contributed by atoms with Crippen molar-refractivity contribution in [2.45, 2.75) is 0 Å². The maximum Gasteiger partial charge on any atom is 0.335 e. The highest BCUT2D eigenvalue weighted by Crippen LogP contribution is 2.24. The lowest BCUT2D eigenvalue weighted by Gasteiger charge is -2.08. The fourth-order valence-electron chi connectivity index (χ4n) is 1.67. The first-order chi connectivity index (χ1) is 10.0. The van der Waals surface area contributed by atoms with E-state index in [0.29, 0.717) is 21.3 Å². The Kier molecular flexibility index (Phi) is 4.36. The number of rotatable bonds is 3. The summed E-state index contributed by atoms with van der Waals surface area (Å²) in [6.45, 7) is 0. The summed E-state index contributed by atoms with van der Waals surface area (Å²) < 4.78 is 0.465. The number of amides is 1. The molecular formula is C15H9BrN2O3. The third-order valence-corrected chi connectivity index (χ3v) is 3.37. The Morgan fingerprint density at radius 3 is 2.52 bits per heavy atom. The molecule has 0 fully saturated rings. The van der Waals surface area contributed by atoms with Gasteiger partial charge >= 0.3 is 5.97 Å². The van der Waals surface area contributed by atoms with Crippen molar-refractivity contribution in [3.05, 3.63) is 63.6 Å². The second kappa shape index (κ2) is 6.20. The number of carbonyl (C=O) groups excluding carboxylic acids is 1. The number of benzene rings is 2. The number of halogens is 1. The third kappa shape index (κ3) is 3.46. The van der Waals surface area contributed by atoms with Crippen LogP contribution in [0.3, 0.4) is 0 Å². The highest BCUT2D eigenvalue weighted by Gasteiger charge is 2.11. The molecule has 104 valence electrons. The van der Waals surface area contributed by atoms with Gasteiger partial charge in [0.15, 0.2) is 0 Å². The summed E-state index contributed by atoms with van der Waals surface area (Å²) in [7, 11) is 0. The minimum atomic E-state index is -1.05. The number of carboxylic acid groups (broad SMARTS) is 1. The average molecular weight is 345 g/mol. The molecule has 2 N–H and O–H groups in total. The zero-order chi connectivity index (χ0) is 15.4. The first kappa shape index (κ1) is 14.8. The molecule has 2 aromatic rings. The van der Waals surface area contributed by atoms with E-state index in [9.17, 15) is 9.59 Å². The highest BCUT2D eigenvalue weighted by atomic mass is 79.9. The van der Waals surface area contributed by atoms with E-state index in [1.807, 2.05) is 6.07 Å². The lowest BCUT2D eigenvalue weighted by Crippen LogP contribution is -2.12. The Balaban J connectivity index is 2.23. The minimum Gasteiger partial charge on any atom is -0.478 e. The van der Waals surface area contributed by atoms with Crippen LogP contribution in [0.4, 0.5) is 5.69 Å². The van der Waals surface area contributed by atoms with E-state index in [1.54, 1.807) is 18.2 Å². The fraction of sp³-hybridized carbons (Fsp3) is 0. The van der Waals surface area contributed by atoms with Gasteiger partial charge in [0.05, 0.1) is 22.9 Å². The zero-order valence-corrected chi connectivity index (χ0v) is 12.2. The molecule has 2 aromatic carbocycles. The zero-order valence-electron chi connectivity index (χ0n) is 10.6. The van der Waals surface area contributed by atoms with E-state index in [-0.39, 0.29) is 11.5 Å².